The second-order valence-electron chi connectivity index (χ2n) is 3.25. The lowest BCUT2D eigenvalue weighted by molar-refractivity contribution is -0.167. The maximum absolute atomic E-state index is 12.1. The largest absolute Gasteiger partial charge is 0.477 e. The van der Waals surface area contributed by atoms with Crippen LogP contribution in [0.15, 0.2) is 6.07 Å². The van der Waals surface area contributed by atoms with Crippen molar-refractivity contribution < 1.29 is 36.6 Å². The van der Waals surface area contributed by atoms with Gasteiger partial charge in [0.2, 0.25) is 0 Å². The molecular weight excluding hydrogens is 281 g/mol. The molecule has 2 N–H and O–H groups in total. The molecule has 1 aromatic rings. The summed E-state index contributed by atoms with van der Waals surface area (Å²) in [7, 11) is 0. The summed E-state index contributed by atoms with van der Waals surface area (Å²) in [6.45, 7) is -1.12. The van der Waals surface area contributed by atoms with Crippen LogP contribution in [-0.2, 0) is 11.3 Å². The number of aromatic nitrogens is 2. The monoisotopic (exact) mass is 287 g/mol. The fourth-order valence-electron chi connectivity index (χ4n) is 1.11. The average molecular weight is 287 g/mol. The zero-order chi connectivity index (χ0) is 14.8. The van der Waals surface area contributed by atoms with Gasteiger partial charge >= 0.3 is 18.1 Å². The number of halogens is 5. The normalized spacial score (nSPS) is 11.7. The second-order valence-corrected chi connectivity index (χ2v) is 3.25. The molecule has 0 fully saturated rings. The third-order valence-corrected chi connectivity index (χ3v) is 1.81. The highest BCUT2D eigenvalue weighted by Gasteiger charge is 2.39. The Morgan fingerprint density at radius 2 is 2.00 bits per heavy atom. The molecule has 0 spiro atoms. The number of anilines is 1. The van der Waals surface area contributed by atoms with Crippen molar-refractivity contribution in [1.82, 2.24) is 9.78 Å². The minimum atomic E-state index is -5.20. The average Bonchev–Trinajstić information content (AvgIpc) is 2.58. The maximum atomic E-state index is 12.1. The Hall–Kier alpha value is -2.20. The fourth-order valence-corrected chi connectivity index (χ4v) is 1.11. The van der Waals surface area contributed by atoms with Gasteiger partial charge in [-0.25, -0.2) is 13.6 Å². The minimum Gasteiger partial charge on any atom is -0.477 e. The van der Waals surface area contributed by atoms with Gasteiger partial charge in [-0.15, -0.1) is 0 Å². The summed E-state index contributed by atoms with van der Waals surface area (Å²) in [6.07, 6.45) is -8.15. The van der Waals surface area contributed by atoms with Gasteiger partial charge in [0.05, 0.1) is 0 Å². The van der Waals surface area contributed by atoms with E-state index in [-0.39, 0.29) is 0 Å². The molecule has 0 aliphatic carbocycles. The van der Waals surface area contributed by atoms with Crippen molar-refractivity contribution >= 4 is 17.7 Å². The van der Waals surface area contributed by atoms with Gasteiger partial charge in [0.1, 0.15) is 12.2 Å². The molecule has 0 bridgehead atoms. The first-order valence-electron chi connectivity index (χ1n) is 4.58. The molecule has 11 heteroatoms. The summed E-state index contributed by atoms with van der Waals surface area (Å²) in [5.74, 6) is -4.83. The highest BCUT2D eigenvalue weighted by Crippen LogP contribution is 2.18. The van der Waals surface area contributed by atoms with Crippen LogP contribution in [0.2, 0.25) is 0 Å². The van der Waals surface area contributed by atoms with Crippen molar-refractivity contribution in [3.05, 3.63) is 11.8 Å². The molecule has 1 aromatic heterocycles. The number of hydrogen-bond donors (Lipinski definition) is 2. The minimum absolute atomic E-state index is 0.291. The van der Waals surface area contributed by atoms with Crippen molar-refractivity contribution in [3.63, 3.8) is 0 Å². The van der Waals surface area contributed by atoms with Gasteiger partial charge in [-0.3, -0.25) is 9.48 Å². The molecule has 0 radical (unpaired) electrons. The number of aromatic carboxylic acids is 1. The molecule has 0 unspecified atom stereocenters. The van der Waals surface area contributed by atoms with Gasteiger partial charge in [0.15, 0.2) is 5.82 Å². The number of nitrogens with zero attached hydrogens (tertiary/aromatic N) is 2. The molecule has 0 aliphatic rings. The number of carbonyl (C=O) groups excluding carboxylic acids is 1. The van der Waals surface area contributed by atoms with E-state index in [1.54, 1.807) is 0 Å². The van der Waals surface area contributed by atoms with Crippen LogP contribution in [0.1, 0.15) is 10.5 Å². The quantitative estimate of drug-likeness (QED) is 0.819. The van der Waals surface area contributed by atoms with E-state index in [1.807, 2.05) is 0 Å². The van der Waals surface area contributed by atoms with E-state index >= 15 is 0 Å². The lowest BCUT2D eigenvalue weighted by atomic mass is 10.4. The van der Waals surface area contributed by atoms with E-state index in [0.29, 0.717) is 10.7 Å². The summed E-state index contributed by atoms with van der Waals surface area (Å²) in [4.78, 5) is 21.2. The maximum Gasteiger partial charge on any atom is 0.471 e. The van der Waals surface area contributed by atoms with Gasteiger partial charge < -0.3 is 10.4 Å². The Morgan fingerprint density at radius 3 is 2.42 bits per heavy atom. The standard InChI is InChI=1S/C8H6F5N3O3/c9-4(10)2-16-3(6(17)18)1-5(15-16)14-7(19)8(11,12)13/h1,4H,2H2,(H,17,18)(H,14,15,19). The third kappa shape index (κ3) is 3.89. The molecular formula is C8H6F5N3O3. The predicted octanol–water partition coefficient (Wildman–Crippen LogP) is 1.35. The summed E-state index contributed by atoms with van der Waals surface area (Å²) in [6, 6.07) is 0.550. The molecule has 19 heavy (non-hydrogen) atoms. The van der Waals surface area contributed by atoms with Crippen molar-refractivity contribution in [2.24, 2.45) is 0 Å². The van der Waals surface area contributed by atoms with E-state index in [4.69, 9.17) is 5.11 Å². The molecule has 0 saturated carbocycles. The number of nitrogens with one attached hydrogen (secondary N) is 1. The van der Waals surface area contributed by atoms with Gasteiger partial charge in [0.25, 0.3) is 6.43 Å². The summed E-state index contributed by atoms with van der Waals surface area (Å²) < 4.78 is 60.3. The molecule has 6 nitrogen and oxygen atoms in total. The number of carbonyl (C=O) groups is 2. The van der Waals surface area contributed by atoms with Crippen LogP contribution in [0.4, 0.5) is 27.8 Å². The molecule has 1 heterocycles. The van der Waals surface area contributed by atoms with Crippen LogP contribution in [0, 0.1) is 0 Å². The Morgan fingerprint density at radius 1 is 1.42 bits per heavy atom. The molecule has 0 aromatic carbocycles. The number of amides is 1. The zero-order valence-electron chi connectivity index (χ0n) is 8.91. The Kier molecular flexibility index (Phi) is 4.07. The summed E-state index contributed by atoms with van der Waals surface area (Å²) >= 11 is 0. The SMILES string of the molecule is O=C(O)c1cc(NC(=O)C(F)(F)F)nn1CC(F)F. The molecule has 1 rings (SSSR count). The first-order valence-corrected chi connectivity index (χ1v) is 4.58. The van der Waals surface area contributed by atoms with Gasteiger partial charge in [-0.2, -0.15) is 18.3 Å². The topological polar surface area (TPSA) is 84.2 Å². The smallest absolute Gasteiger partial charge is 0.471 e. The van der Waals surface area contributed by atoms with E-state index in [0.717, 1.165) is 0 Å². The Bertz CT molecular complexity index is 496. The van der Waals surface area contributed by atoms with Crippen molar-refractivity contribution in [1.29, 1.82) is 0 Å². The van der Waals surface area contributed by atoms with Crippen LogP contribution in [0.3, 0.4) is 0 Å². The first-order chi connectivity index (χ1) is 8.61. The van der Waals surface area contributed by atoms with Crippen LogP contribution in [0.25, 0.3) is 0 Å². The number of carboxylic acid groups (broad SMARTS) is 1. The highest BCUT2D eigenvalue weighted by molar-refractivity contribution is 5.95. The number of hydrogen-bond acceptors (Lipinski definition) is 3. The van der Waals surface area contributed by atoms with E-state index < -0.39 is 42.5 Å². The number of carboxylic acids is 1. The van der Waals surface area contributed by atoms with Gasteiger partial charge in [-0.05, 0) is 0 Å². The van der Waals surface area contributed by atoms with Crippen molar-refractivity contribution in [2.75, 3.05) is 5.32 Å². The summed E-state index contributed by atoms with van der Waals surface area (Å²) in [5.41, 5.74) is -0.766. The lowest BCUT2D eigenvalue weighted by Crippen LogP contribution is -2.30. The van der Waals surface area contributed by atoms with Crippen LogP contribution < -0.4 is 5.32 Å². The molecule has 0 aliphatic heterocycles. The fraction of sp³-hybridized carbons (Fsp3) is 0.375. The molecule has 1 amide bonds. The zero-order valence-corrected chi connectivity index (χ0v) is 8.91. The Labute approximate surface area is 101 Å². The van der Waals surface area contributed by atoms with Gasteiger partial charge in [0, 0.05) is 6.07 Å². The number of rotatable bonds is 4. The van der Waals surface area contributed by atoms with Crippen LogP contribution in [0.5, 0.6) is 0 Å². The van der Waals surface area contributed by atoms with Crippen molar-refractivity contribution in [3.8, 4) is 0 Å². The van der Waals surface area contributed by atoms with Crippen molar-refractivity contribution in [2.45, 2.75) is 19.1 Å². The van der Waals surface area contributed by atoms with Gasteiger partial charge in [-0.1, -0.05) is 0 Å². The first kappa shape index (κ1) is 14.9. The molecule has 0 saturated heterocycles. The van der Waals surface area contributed by atoms with Crippen LogP contribution in [-0.4, -0.2) is 39.4 Å². The highest BCUT2D eigenvalue weighted by atomic mass is 19.4. The Balaban J connectivity index is 2.98. The predicted molar refractivity (Wildman–Crippen MR) is 49.9 cm³/mol. The van der Waals surface area contributed by atoms with E-state index in [9.17, 15) is 31.5 Å². The molecule has 0 atom stereocenters. The lowest BCUT2D eigenvalue weighted by Gasteiger charge is -2.05. The number of alkyl halides is 5. The van der Waals surface area contributed by atoms with E-state index in [1.165, 1.54) is 5.32 Å². The van der Waals surface area contributed by atoms with E-state index in [2.05, 4.69) is 5.10 Å². The third-order valence-electron chi connectivity index (χ3n) is 1.81. The molecule has 106 valence electrons. The van der Waals surface area contributed by atoms with Crippen LogP contribution >= 0.6 is 0 Å². The summed E-state index contributed by atoms with van der Waals surface area (Å²) in [5, 5.41) is 13.1. The second kappa shape index (κ2) is 5.20.